The summed E-state index contributed by atoms with van der Waals surface area (Å²) in [6.07, 6.45) is 3.49. The number of sulfone groups is 1. The molecule has 0 aliphatic carbocycles. The van der Waals surface area contributed by atoms with Crippen LogP contribution in [-0.4, -0.2) is 73.3 Å². The maximum absolute atomic E-state index is 12.5. The predicted octanol–water partition coefficient (Wildman–Crippen LogP) is 1.61. The number of hydrogen-bond acceptors (Lipinski definition) is 5. The van der Waals surface area contributed by atoms with E-state index in [1.807, 2.05) is 6.92 Å². The Bertz CT molecular complexity index is 740. The van der Waals surface area contributed by atoms with Gasteiger partial charge in [0.2, 0.25) is 5.91 Å². The molecule has 2 fully saturated rings. The molecule has 2 saturated heterocycles. The molecule has 0 radical (unpaired) electrons. The number of aliphatic hydroxyl groups is 1. The van der Waals surface area contributed by atoms with E-state index in [-0.39, 0.29) is 29.1 Å². The van der Waals surface area contributed by atoms with Crippen LogP contribution < -0.4 is 0 Å². The zero-order chi connectivity index (χ0) is 19.4. The van der Waals surface area contributed by atoms with E-state index >= 15 is 0 Å². The van der Waals surface area contributed by atoms with Gasteiger partial charge in [0.1, 0.15) is 0 Å². The van der Waals surface area contributed by atoms with Crippen molar-refractivity contribution in [3.05, 3.63) is 29.8 Å². The van der Waals surface area contributed by atoms with Gasteiger partial charge in [0.15, 0.2) is 9.84 Å². The summed E-state index contributed by atoms with van der Waals surface area (Å²) in [6, 6.07) is 7.18. The molecule has 0 aromatic heterocycles. The number of piperidine rings is 2. The first-order valence-corrected chi connectivity index (χ1v) is 11.5. The Morgan fingerprint density at radius 3 is 2.41 bits per heavy atom. The summed E-state index contributed by atoms with van der Waals surface area (Å²) >= 11 is 0. The fraction of sp³-hybridized carbons (Fsp3) is 0.650. The maximum Gasteiger partial charge on any atom is 0.223 e. The van der Waals surface area contributed by atoms with Gasteiger partial charge in [-0.15, -0.1) is 0 Å². The highest BCUT2D eigenvalue weighted by Gasteiger charge is 2.30. The van der Waals surface area contributed by atoms with E-state index in [1.54, 1.807) is 29.2 Å². The van der Waals surface area contributed by atoms with E-state index < -0.39 is 9.84 Å². The van der Waals surface area contributed by atoms with Crippen LogP contribution in [-0.2, 0) is 14.6 Å². The van der Waals surface area contributed by atoms with Gasteiger partial charge in [-0.1, -0.05) is 17.7 Å². The molecule has 3 rings (SSSR count). The monoisotopic (exact) mass is 394 g/mol. The highest BCUT2D eigenvalue weighted by atomic mass is 32.2. The number of carbonyl (C=O) groups excluding carboxylic acids is 1. The van der Waals surface area contributed by atoms with Crippen LogP contribution in [0, 0.1) is 6.92 Å². The number of aliphatic hydroxyl groups excluding tert-OH is 1. The largest absolute Gasteiger partial charge is 0.392 e. The van der Waals surface area contributed by atoms with Gasteiger partial charge in [0.05, 0.1) is 16.8 Å². The zero-order valence-electron chi connectivity index (χ0n) is 16.0. The first-order valence-electron chi connectivity index (χ1n) is 9.84. The highest BCUT2D eigenvalue weighted by molar-refractivity contribution is 7.91. The Morgan fingerprint density at radius 2 is 1.78 bits per heavy atom. The van der Waals surface area contributed by atoms with Crippen molar-refractivity contribution in [1.82, 2.24) is 9.80 Å². The lowest BCUT2D eigenvalue weighted by molar-refractivity contribution is -0.132. The zero-order valence-corrected chi connectivity index (χ0v) is 16.8. The number of nitrogens with zero attached hydrogens (tertiary/aromatic N) is 2. The average Bonchev–Trinajstić information content (AvgIpc) is 2.67. The molecule has 2 aliphatic heterocycles. The number of amides is 1. The lowest BCUT2D eigenvalue weighted by Crippen LogP contribution is -2.50. The van der Waals surface area contributed by atoms with Gasteiger partial charge in [0, 0.05) is 32.1 Å². The van der Waals surface area contributed by atoms with E-state index in [0.29, 0.717) is 19.1 Å². The first kappa shape index (κ1) is 20.3. The van der Waals surface area contributed by atoms with E-state index in [4.69, 9.17) is 0 Å². The third-order valence-corrected chi connectivity index (χ3v) is 7.46. The molecule has 150 valence electrons. The van der Waals surface area contributed by atoms with Crippen LogP contribution in [0.15, 0.2) is 29.2 Å². The Morgan fingerprint density at radius 1 is 1.11 bits per heavy atom. The average molecular weight is 395 g/mol. The summed E-state index contributed by atoms with van der Waals surface area (Å²) < 4.78 is 24.8. The number of benzene rings is 1. The van der Waals surface area contributed by atoms with Crippen molar-refractivity contribution in [1.29, 1.82) is 0 Å². The van der Waals surface area contributed by atoms with Crippen LogP contribution in [0.2, 0.25) is 0 Å². The van der Waals surface area contributed by atoms with Crippen molar-refractivity contribution in [2.24, 2.45) is 0 Å². The van der Waals surface area contributed by atoms with Crippen molar-refractivity contribution in [3.8, 4) is 0 Å². The fourth-order valence-corrected chi connectivity index (χ4v) is 5.27. The van der Waals surface area contributed by atoms with Gasteiger partial charge < -0.3 is 10.0 Å². The molecule has 6 nitrogen and oxygen atoms in total. The molecule has 0 spiro atoms. The first-order chi connectivity index (χ1) is 12.8. The Labute approximate surface area is 162 Å². The van der Waals surface area contributed by atoms with E-state index in [9.17, 15) is 18.3 Å². The van der Waals surface area contributed by atoms with Crippen molar-refractivity contribution in [2.45, 2.75) is 56.1 Å². The van der Waals surface area contributed by atoms with Crippen molar-refractivity contribution < 1.29 is 18.3 Å². The molecule has 0 bridgehead atoms. The minimum Gasteiger partial charge on any atom is -0.392 e. The summed E-state index contributed by atoms with van der Waals surface area (Å²) in [4.78, 5) is 16.9. The molecule has 2 heterocycles. The maximum atomic E-state index is 12.5. The van der Waals surface area contributed by atoms with Crippen LogP contribution in [0.25, 0.3) is 0 Å². The minimum absolute atomic E-state index is 0.0311. The second-order valence-electron chi connectivity index (χ2n) is 7.78. The SMILES string of the molecule is Cc1ccc(S(=O)(=O)CCC(=O)N2CCC(N3CCCC(O)C3)CC2)cc1. The van der Waals surface area contributed by atoms with Gasteiger partial charge in [-0.25, -0.2) is 8.42 Å². The quantitative estimate of drug-likeness (QED) is 0.821. The number of aryl methyl sites for hydroxylation is 1. The normalized spacial score (nSPS) is 22.7. The lowest BCUT2D eigenvalue weighted by atomic mass is 9.99. The molecule has 1 aromatic carbocycles. The second kappa shape index (κ2) is 8.71. The van der Waals surface area contributed by atoms with Crippen molar-refractivity contribution >= 4 is 15.7 Å². The molecule has 1 amide bonds. The van der Waals surface area contributed by atoms with Crippen LogP contribution in [0.4, 0.5) is 0 Å². The molecular formula is C20H30N2O4S. The van der Waals surface area contributed by atoms with E-state index in [2.05, 4.69) is 4.90 Å². The molecule has 1 N–H and O–H groups in total. The number of carbonyl (C=O) groups is 1. The van der Waals surface area contributed by atoms with Gasteiger partial charge in [-0.2, -0.15) is 0 Å². The second-order valence-corrected chi connectivity index (χ2v) is 9.89. The van der Waals surface area contributed by atoms with Gasteiger partial charge >= 0.3 is 0 Å². The molecule has 27 heavy (non-hydrogen) atoms. The third kappa shape index (κ3) is 5.30. The summed E-state index contributed by atoms with van der Waals surface area (Å²) in [5.41, 5.74) is 1.01. The Hall–Kier alpha value is -1.44. The van der Waals surface area contributed by atoms with Crippen molar-refractivity contribution in [2.75, 3.05) is 31.9 Å². The third-order valence-electron chi connectivity index (χ3n) is 5.73. The molecule has 1 atom stereocenters. The van der Waals surface area contributed by atoms with Gasteiger partial charge in [-0.05, 0) is 51.3 Å². The molecule has 7 heteroatoms. The summed E-state index contributed by atoms with van der Waals surface area (Å²) in [5.74, 6) is -0.226. The molecule has 1 aromatic rings. The van der Waals surface area contributed by atoms with Crippen LogP contribution >= 0.6 is 0 Å². The van der Waals surface area contributed by atoms with Gasteiger partial charge in [0.25, 0.3) is 0 Å². The Balaban J connectivity index is 1.47. The number of β-amino-alcohol motifs (C(OH)–C–C–N with tert-alkyl or cyclic N) is 1. The molecular weight excluding hydrogens is 364 g/mol. The van der Waals surface area contributed by atoms with Crippen LogP contribution in [0.3, 0.4) is 0 Å². The fourth-order valence-electron chi connectivity index (χ4n) is 4.04. The topological polar surface area (TPSA) is 77.9 Å². The van der Waals surface area contributed by atoms with Gasteiger partial charge in [-0.3, -0.25) is 9.69 Å². The highest BCUT2D eigenvalue weighted by Crippen LogP contribution is 2.22. The van der Waals surface area contributed by atoms with Crippen LogP contribution in [0.1, 0.15) is 37.7 Å². The smallest absolute Gasteiger partial charge is 0.223 e. The predicted molar refractivity (Wildman–Crippen MR) is 104 cm³/mol. The molecule has 0 saturated carbocycles. The molecule has 2 aliphatic rings. The summed E-state index contributed by atoms with van der Waals surface area (Å²) in [7, 11) is -3.43. The lowest BCUT2D eigenvalue weighted by Gasteiger charge is -2.41. The number of hydrogen-bond donors (Lipinski definition) is 1. The minimum atomic E-state index is -3.43. The van der Waals surface area contributed by atoms with Crippen LogP contribution in [0.5, 0.6) is 0 Å². The Kier molecular flexibility index (Phi) is 6.55. The van der Waals surface area contributed by atoms with E-state index in [1.165, 1.54) is 0 Å². The summed E-state index contributed by atoms with van der Waals surface area (Å²) in [6.45, 7) is 4.99. The summed E-state index contributed by atoms with van der Waals surface area (Å²) in [5, 5.41) is 9.84. The standard InChI is InChI=1S/C20H30N2O4S/c1-16-4-6-19(7-5-16)27(25,26)14-10-20(24)21-12-8-17(9-13-21)22-11-2-3-18(23)15-22/h4-7,17-18,23H,2-3,8-15H2,1H3. The molecule has 1 unspecified atom stereocenters. The number of rotatable bonds is 5. The number of likely N-dealkylation sites (tertiary alicyclic amines) is 2. The van der Waals surface area contributed by atoms with Crippen molar-refractivity contribution in [3.63, 3.8) is 0 Å². The van der Waals surface area contributed by atoms with E-state index in [0.717, 1.165) is 44.3 Å².